The van der Waals surface area contributed by atoms with Crippen LogP contribution in [0, 0.1) is 5.92 Å². The highest BCUT2D eigenvalue weighted by molar-refractivity contribution is 5.76. The average Bonchev–Trinajstić information content (AvgIpc) is 3.49. The van der Waals surface area contributed by atoms with E-state index in [0.717, 1.165) is 49.4 Å². The molecule has 3 aromatic heterocycles. The number of aromatic nitrogens is 5. The number of amides is 1. The summed E-state index contributed by atoms with van der Waals surface area (Å²) >= 11 is 0. The number of rotatable bonds is 5. The predicted octanol–water partition coefficient (Wildman–Crippen LogP) is 3.22. The van der Waals surface area contributed by atoms with Crippen molar-refractivity contribution >= 4 is 17.1 Å². The fourth-order valence-electron chi connectivity index (χ4n) is 4.98. The summed E-state index contributed by atoms with van der Waals surface area (Å²) in [5, 5.41) is 4.15. The Kier molecular flexibility index (Phi) is 5.04. The lowest BCUT2D eigenvalue weighted by Crippen LogP contribution is -2.41. The maximum absolute atomic E-state index is 12.6. The Bertz CT molecular complexity index is 965. The number of carbonyl (C=O) groups is 1. The van der Waals surface area contributed by atoms with Crippen molar-refractivity contribution in [3.05, 3.63) is 42.6 Å². The summed E-state index contributed by atoms with van der Waals surface area (Å²) in [5.74, 6) is 2.08. The molecule has 7 heteroatoms. The van der Waals surface area contributed by atoms with Crippen molar-refractivity contribution in [3.63, 3.8) is 0 Å². The van der Waals surface area contributed by atoms with E-state index in [9.17, 15) is 4.79 Å². The first-order chi connectivity index (χ1) is 14.3. The lowest BCUT2D eigenvalue weighted by Gasteiger charge is -2.33. The number of hydrogen-bond donors (Lipinski definition) is 0. The SMILES string of the molecule is O=C(Cn1cccn1)N1CCC(n2c(CC3CCCC3)nc3cccnc32)CC1. The molecule has 1 amide bonds. The molecule has 3 aromatic rings. The molecule has 7 nitrogen and oxygen atoms in total. The van der Waals surface area contributed by atoms with Gasteiger partial charge in [0.15, 0.2) is 5.65 Å². The third-order valence-electron chi connectivity index (χ3n) is 6.51. The number of pyridine rings is 1. The first-order valence-corrected chi connectivity index (χ1v) is 10.8. The van der Waals surface area contributed by atoms with Crippen LogP contribution in [0.3, 0.4) is 0 Å². The van der Waals surface area contributed by atoms with E-state index in [1.54, 1.807) is 10.9 Å². The number of fused-ring (bicyclic) bond motifs is 1. The maximum atomic E-state index is 12.6. The van der Waals surface area contributed by atoms with Crippen LogP contribution >= 0.6 is 0 Å². The van der Waals surface area contributed by atoms with Gasteiger partial charge in [-0.3, -0.25) is 9.48 Å². The standard InChI is InChI=1S/C22H28N6O/c29-21(16-27-12-4-11-24-27)26-13-8-18(9-14-26)28-20(15-17-5-1-2-6-17)25-19-7-3-10-23-22(19)28/h3-4,7,10-12,17-18H,1-2,5-6,8-9,13-16H2. The summed E-state index contributed by atoms with van der Waals surface area (Å²) in [5.41, 5.74) is 2.00. The molecule has 1 aliphatic heterocycles. The smallest absolute Gasteiger partial charge is 0.244 e. The molecular formula is C22H28N6O. The van der Waals surface area contributed by atoms with Crippen LogP contribution in [0.4, 0.5) is 0 Å². The molecule has 152 valence electrons. The number of imidazole rings is 1. The molecule has 1 aliphatic carbocycles. The molecule has 2 fully saturated rings. The van der Waals surface area contributed by atoms with Gasteiger partial charge in [0.05, 0.1) is 0 Å². The van der Waals surface area contributed by atoms with E-state index in [2.05, 4.69) is 20.7 Å². The molecular weight excluding hydrogens is 364 g/mol. The lowest BCUT2D eigenvalue weighted by atomic mass is 10.0. The van der Waals surface area contributed by atoms with E-state index in [0.29, 0.717) is 12.6 Å². The van der Waals surface area contributed by atoms with Crippen LogP contribution in [0.15, 0.2) is 36.8 Å². The van der Waals surface area contributed by atoms with Crippen LogP contribution in [0.1, 0.15) is 50.4 Å². The fourth-order valence-corrected chi connectivity index (χ4v) is 4.98. The van der Waals surface area contributed by atoms with Crippen LogP contribution in [0.25, 0.3) is 11.2 Å². The van der Waals surface area contributed by atoms with Gasteiger partial charge in [-0.05, 0) is 37.0 Å². The quantitative estimate of drug-likeness (QED) is 0.669. The molecule has 0 radical (unpaired) electrons. The van der Waals surface area contributed by atoms with Crippen molar-refractivity contribution in [2.45, 2.75) is 57.5 Å². The maximum Gasteiger partial charge on any atom is 0.244 e. The van der Waals surface area contributed by atoms with Gasteiger partial charge in [-0.25, -0.2) is 9.97 Å². The van der Waals surface area contributed by atoms with Gasteiger partial charge in [0.25, 0.3) is 0 Å². The Morgan fingerprint density at radius 3 is 2.66 bits per heavy atom. The normalized spacial score (nSPS) is 18.7. The Labute approximate surface area is 170 Å². The highest BCUT2D eigenvalue weighted by atomic mass is 16.2. The summed E-state index contributed by atoms with van der Waals surface area (Å²) in [6.45, 7) is 1.88. The van der Waals surface area contributed by atoms with E-state index < -0.39 is 0 Å². The summed E-state index contributed by atoms with van der Waals surface area (Å²) in [6, 6.07) is 6.25. The monoisotopic (exact) mass is 392 g/mol. The van der Waals surface area contributed by atoms with Gasteiger partial charge in [0.2, 0.25) is 5.91 Å². The zero-order valence-corrected chi connectivity index (χ0v) is 16.8. The first-order valence-electron chi connectivity index (χ1n) is 10.8. The van der Waals surface area contributed by atoms with E-state index in [-0.39, 0.29) is 5.91 Å². The largest absolute Gasteiger partial charge is 0.341 e. The van der Waals surface area contributed by atoms with Gasteiger partial charge in [0.1, 0.15) is 17.9 Å². The molecule has 0 bridgehead atoms. The zero-order chi connectivity index (χ0) is 19.6. The van der Waals surface area contributed by atoms with Crippen LogP contribution in [-0.2, 0) is 17.8 Å². The third-order valence-corrected chi connectivity index (χ3v) is 6.51. The highest BCUT2D eigenvalue weighted by Crippen LogP contribution is 2.32. The minimum absolute atomic E-state index is 0.145. The van der Waals surface area contributed by atoms with Crippen molar-refractivity contribution in [2.75, 3.05) is 13.1 Å². The van der Waals surface area contributed by atoms with E-state index in [1.807, 2.05) is 29.4 Å². The van der Waals surface area contributed by atoms with Crippen molar-refractivity contribution in [2.24, 2.45) is 5.92 Å². The van der Waals surface area contributed by atoms with Gasteiger partial charge in [-0.1, -0.05) is 25.7 Å². The molecule has 29 heavy (non-hydrogen) atoms. The summed E-state index contributed by atoms with van der Waals surface area (Å²) in [6.07, 6.45) is 13.7. The summed E-state index contributed by atoms with van der Waals surface area (Å²) in [7, 11) is 0. The zero-order valence-electron chi connectivity index (χ0n) is 16.8. The molecule has 2 aliphatic rings. The Hall–Kier alpha value is -2.70. The van der Waals surface area contributed by atoms with Crippen molar-refractivity contribution in [1.29, 1.82) is 0 Å². The molecule has 0 spiro atoms. The van der Waals surface area contributed by atoms with Gasteiger partial charge in [0, 0.05) is 44.1 Å². The molecule has 1 saturated heterocycles. The highest BCUT2D eigenvalue weighted by Gasteiger charge is 2.28. The van der Waals surface area contributed by atoms with E-state index in [4.69, 9.17) is 4.98 Å². The molecule has 0 atom stereocenters. The van der Waals surface area contributed by atoms with Gasteiger partial charge < -0.3 is 9.47 Å². The number of nitrogens with zero attached hydrogens (tertiary/aromatic N) is 6. The number of carbonyl (C=O) groups excluding carboxylic acids is 1. The Morgan fingerprint density at radius 2 is 1.90 bits per heavy atom. The molecule has 0 unspecified atom stereocenters. The first kappa shape index (κ1) is 18.3. The lowest BCUT2D eigenvalue weighted by molar-refractivity contribution is -0.133. The second-order valence-electron chi connectivity index (χ2n) is 8.41. The fraction of sp³-hybridized carbons (Fsp3) is 0.545. The van der Waals surface area contributed by atoms with Gasteiger partial charge in [-0.15, -0.1) is 0 Å². The molecule has 5 rings (SSSR count). The van der Waals surface area contributed by atoms with Crippen molar-refractivity contribution in [3.8, 4) is 0 Å². The summed E-state index contributed by atoms with van der Waals surface area (Å²) in [4.78, 5) is 24.2. The molecule has 1 saturated carbocycles. The van der Waals surface area contributed by atoms with Crippen LogP contribution < -0.4 is 0 Å². The molecule has 0 N–H and O–H groups in total. The van der Waals surface area contributed by atoms with Gasteiger partial charge >= 0.3 is 0 Å². The van der Waals surface area contributed by atoms with Crippen molar-refractivity contribution < 1.29 is 4.79 Å². The minimum atomic E-state index is 0.145. The average molecular weight is 393 g/mol. The number of piperidine rings is 1. The second kappa shape index (κ2) is 7.97. The number of likely N-dealkylation sites (tertiary alicyclic amines) is 1. The number of hydrogen-bond acceptors (Lipinski definition) is 4. The molecule has 4 heterocycles. The van der Waals surface area contributed by atoms with E-state index in [1.165, 1.54) is 31.5 Å². The van der Waals surface area contributed by atoms with Crippen LogP contribution in [0.2, 0.25) is 0 Å². The van der Waals surface area contributed by atoms with E-state index >= 15 is 0 Å². The van der Waals surface area contributed by atoms with Crippen molar-refractivity contribution in [1.82, 2.24) is 29.2 Å². The Balaban J connectivity index is 1.32. The third kappa shape index (κ3) is 3.78. The summed E-state index contributed by atoms with van der Waals surface area (Å²) < 4.78 is 4.09. The molecule has 0 aromatic carbocycles. The Morgan fingerprint density at radius 1 is 1.07 bits per heavy atom. The van der Waals surface area contributed by atoms with Crippen LogP contribution in [0.5, 0.6) is 0 Å². The predicted molar refractivity (Wildman–Crippen MR) is 110 cm³/mol. The van der Waals surface area contributed by atoms with Gasteiger partial charge in [-0.2, -0.15) is 5.10 Å². The topological polar surface area (TPSA) is 68.8 Å². The second-order valence-corrected chi connectivity index (χ2v) is 8.41. The van der Waals surface area contributed by atoms with Crippen LogP contribution in [-0.4, -0.2) is 48.2 Å². The minimum Gasteiger partial charge on any atom is -0.341 e.